The maximum atomic E-state index is 10.6. The zero-order valence-corrected chi connectivity index (χ0v) is 8.32. The third-order valence-corrected chi connectivity index (χ3v) is 1.92. The van der Waals surface area contributed by atoms with Gasteiger partial charge in [-0.15, -0.1) is 0 Å². The SMILES string of the molecule is CS(=O)(=O)OCc1cccc(C=O)n1. The van der Waals surface area contributed by atoms with Gasteiger partial charge in [-0.05, 0) is 12.1 Å². The first-order valence-corrected chi connectivity index (χ1v) is 5.58. The molecule has 1 aromatic heterocycles. The molecule has 1 rings (SSSR count). The van der Waals surface area contributed by atoms with Crippen molar-refractivity contribution in [1.29, 1.82) is 0 Å². The second-order valence-corrected chi connectivity index (χ2v) is 4.28. The van der Waals surface area contributed by atoms with Crippen molar-refractivity contribution in [2.45, 2.75) is 6.61 Å². The average molecular weight is 215 g/mol. The largest absolute Gasteiger partial charge is 0.296 e. The van der Waals surface area contributed by atoms with E-state index in [9.17, 15) is 13.2 Å². The summed E-state index contributed by atoms with van der Waals surface area (Å²) >= 11 is 0. The minimum absolute atomic E-state index is 0.152. The maximum absolute atomic E-state index is 10.6. The second-order valence-electron chi connectivity index (χ2n) is 2.64. The van der Waals surface area contributed by atoms with Gasteiger partial charge in [0.1, 0.15) is 12.3 Å². The Kier molecular flexibility index (Phi) is 3.32. The highest BCUT2D eigenvalue weighted by molar-refractivity contribution is 7.85. The molecule has 0 saturated carbocycles. The molecule has 0 fully saturated rings. The van der Waals surface area contributed by atoms with E-state index in [1.165, 1.54) is 6.07 Å². The topological polar surface area (TPSA) is 73.3 Å². The van der Waals surface area contributed by atoms with Gasteiger partial charge in [0.05, 0.1) is 11.9 Å². The lowest BCUT2D eigenvalue weighted by atomic mass is 10.3. The van der Waals surface area contributed by atoms with Crippen molar-refractivity contribution >= 4 is 16.4 Å². The van der Waals surface area contributed by atoms with Crippen LogP contribution in [0.5, 0.6) is 0 Å². The number of aldehydes is 1. The number of carbonyl (C=O) groups excluding carboxylic acids is 1. The van der Waals surface area contributed by atoms with Gasteiger partial charge in [0, 0.05) is 0 Å². The Labute approximate surface area is 81.9 Å². The van der Waals surface area contributed by atoms with Gasteiger partial charge < -0.3 is 0 Å². The standard InChI is InChI=1S/C8H9NO4S/c1-14(11,12)13-6-8-4-2-3-7(5-10)9-8/h2-5H,6H2,1H3. The van der Waals surface area contributed by atoms with Crippen LogP contribution in [0.25, 0.3) is 0 Å². The summed E-state index contributed by atoms with van der Waals surface area (Å²) in [5.74, 6) is 0. The zero-order chi connectivity index (χ0) is 10.6. The van der Waals surface area contributed by atoms with Crippen LogP contribution in [0.4, 0.5) is 0 Å². The van der Waals surface area contributed by atoms with Crippen LogP contribution in [-0.2, 0) is 20.9 Å². The summed E-state index contributed by atoms with van der Waals surface area (Å²) in [5.41, 5.74) is 0.652. The van der Waals surface area contributed by atoms with E-state index in [2.05, 4.69) is 9.17 Å². The summed E-state index contributed by atoms with van der Waals surface area (Å²) in [4.78, 5) is 14.2. The van der Waals surface area contributed by atoms with Crippen LogP contribution in [0.3, 0.4) is 0 Å². The van der Waals surface area contributed by atoms with Crippen LogP contribution >= 0.6 is 0 Å². The van der Waals surface area contributed by atoms with Crippen LogP contribution in [0.2, 0.25) is 0 Å². The van der Waals surface area contributed by atoms with Crippen molar-refractivity contribution in [3.8, 4) is 0 Å². The van der Waals surface area contributed by atoms with Gasteiger partial charge in [-0.2, -0.15) is 8.42 Å². The van der Waals surface area contributed by atoms with E-state index in [1.807, 2.05) is 0 Å². The van der Waals surface area contributed by atoms with Gasteiger partial charge in [-0.25, -0.2) is 4.98 Å². The minimum atomic E-state index is -3.47. The molecule has 0 radical (unpaired) electrons. The smallest absolute Gasteiger partial charge is 0.264 e. The van der Waals surface area contributed by atoms with E-state index < -0.39 is 10.1 Å². The number of rotatable bonds is 4. The molecule has 1 heterocycles. The summed E-state index contributed by atoms with van der Waals surface area (Å²) in [6.45, 7) is -0.152. The maximum Gasteiger partial charge on any atom is 0.264 e. The van der Waals surface area contributed by atoms with Crippen LogP contribution in [0.1, 0.15) is 16.2 Å². The molecule has 0 aliphatic rings. The molecule has 14 heavy (non-hydrogen) atoms. The van der Waals surface area contributed by atoms with E-state index in [-0.39, 0.29) is 12.3 Å². The molecule has 6 heteroatoms. The molecular weight excluding hydrogens is 206 g/mol. The Morgan fingerprint density at radius 1 is 1.50 bits per heavy atom. The average Bonchev–Trinajstić information content (AvgIpc) is 2.14. The van der Waals surface area contributed by atoms with Gasteiger partial charge in [0.2, 0.25) is 0 Å². The molecule has 0 amide bonds. The number of carbonyl (C=O) groups is 1. The van der Waals surface area contributed by atoms with Crippen LogP contribution in [0.15, 0.2) is 18.2 Å². The lowest BCUT2D eigenvalue weighted by molar-refractivity contribution is 0.111. The van der Waals surface area contributed by atoms with E-state index in [4.69, 9.17) is 0 Å². The third kappa shape index (κ3) is 3.63. The number of hydrogen-bond acceptors (Lipinski definition) is 5. The summed E-state index contributed by atoms with van der Waals surface area (Å²) < 4.78 is 25.8. The zero-order valence-electron chi connectivity index (χ0n) is 7.50. The number of hydrogen-bond donors (Lipinski definition) is 0. The second kappa shape index (κ2) is 4.30. The van der Waals surface area contributed by atoms with Crippen LogP contribution in [0, 0.1) is 0 Å². The van der Waals surface area contributed by atoms with E-state index in [1.54, 1.807) is 12.1 Å². The number of pyridine rings is 1. The minimum Gasteiger partial charge on any atom is -0.296 e. The molecule has 0 aliphatic carbocycles. The molecule has 0 saturated heterocycles. The quantitative estimate of drug-likeness (QED) is 0.536. The van der Waals surface area contributed by atoms with Crippen molar-refractivity contribution in [2.24, 2.45) is 0 Å². The highest BCUT2D eigenvalue weighted by Crippen LogP contribution is 2.01. The summed E-state index contributed by atoms with van der Waals surface area (Å²) in [5, 5.41) is 0. The predicted octanol–water partition coefficient (Wildman–Crippen LogP) is 0.370. The normalized spacial score (nSPS) is 11.2. The fourth-order valence-corrected chi connectivity index (χ4v) is 1.15. The monoisotopic (exact) mass is 215 g/mol. The summed E-state index contributed by atoms with van der Waals surface area (Å²) in [6.07, 6.45) is 1.54. The van der Waals surface area contributed by atoms with Gasteiger partial charge in [-0.1, -0.05) is 6.07 Å². The molecule has 1 aromatic rings. The lowest BCUT2D eigenvalue weighted by Crippen LogP contribution is -2.04. The lowest BCUT2D eigenvalue weighted by Gasteiger charge is -2.00. The van der Waals surface area contributed by atoms with Crippen molar-refractivity contribution in [1.82, 2.24) is 4.98 Å². The van der Waals surface area contributed by atoms with E-state index in [0.717, 1.165) is 6.26 Å². The molecule has 0 aromatic carbocycles. The van der Waals surface area contributed by atoms with Crippen molar-refractivity contribution in [3.63, 3.8) is 0 Å². The number of aromatic nitrogens is 1. The third-order valence-electron chi connectivity index (χ3n) is 1.37. The first-order valence-electron chi connectivity index (χ1n) is 3.77. The summed E-state index contributed by atoms with van der Waals surface area (Å²) in [6, 6.07) is 4.72. The van der Waals surface area contributed by atoms with Gasteiger partial charge >= 0.3 is 0 Å². The van der Waals surface area contributed by atoms with E-state index >= 15 is 0 Å². The Morgan fingerprint density at radius 3 is 2.79 bits per heavy atom. The molecule has 0 atom stereocenters. The molecule has 0 spiro atoms. The molecule has 0 unspecified atom stereocenters. The molecule has 0 bridgehead atoms. The van der Waals surface area contributed by atoms with Crippen LogP contribution < -0.4 is 0 Å². The van der Waals surface area contributed by atoms with E-state index in [0.29, 0.717) is 12.0 Å². The first-order chi connectivity index (χ1) is 6.51. The fourth-order valence-electron chi connectivity index (χ4n) is 0.812. The molecule has 76 valence electrons. The Balaban J connectivity index is 2.72. The number of nitrogens with zero attached hydrogens (tertiary/aromatic N) is 1. The fraction of sp³-hybridized carbons (Fsp3) is 0.250. The van der Waals surface area contributed by atoms with Crippen molar-refractivity contribution in [3.05, 3.63) is 29.6 Å². The Hall–Kier alpha value is -1.27. The Bertz CT molecular complexity index is 427. The highest BCUT2D eigenvalue weighted by Gasteiger charge is 2.03. The van der Waals surface area contributed by atoms with Gasteiger partial charge in [0.25, 0.3) is 10.1 Å². The predicted molar refractivity (Wildman–Crippen MR) is 49.3 cm³/mol. The molecular formula is C8H9NO4S. The Morgan fingerprint density at radius 2 is 2.21 bits per heavy atom. The van der Waals surface area contributed by atoms with Crippen molar-refractivity contribution in [2.75, 3.05) is 6.26 Å². The van der Waals surface area contributed by atoms with Crippen LogP contribution in [-0.4, -0.2) is 25.9 Å². The first kappa shape index (κ1) is 10.8. The highest BCUT2D eigenvalue weighted by atomic mass is 32.2. The van der Waals surface area contributed by atoms with Crippen molar-refractivity contribution < 1.29 is 17.4 Å². The molecule has 0 aliphatic heterocycles. The molecule has 5 nitrogen and oxygen atoms in total. The van der Waals surface area contributed by atoms with Gasteiger partial charge in [0.15, 0.2) is 6.29 Å². The van der Waals surface area contributed by atoms with Gasteiger partial charge in [-0.3, -0.25) is 8.98 Å². The summed E-state index contributed by atoms with van der Waals surface area (Å²) in [7, 11) is -3.47. The molecule has 0 N–H and O–H groups in total.